The maximum atomic E-state index is 11.5. The molecule has 2 rings (SSSR count). The van der Waals surface area contributed by atoms with Gasteiger partial charge in [0.25, 0.3) is 0 Å². The number of hydrogen-bond donors (Lipinski definition) is 0. The number of halogens is 3. The Kier molecular flexibility index (Phi) is 3.56. The first-order valence-electron chi connectivity index (χ1n) is 4.56. The number of aromatic nitrogens is 1. The molecule has 0 aliphatic carbocycles. The Morgan fingerprint density at radius 2 is 2.12 bits per heavy atom. The Hall–Kier alpha value is -0.840. The highest BCUT2D eigenvalue weighted by Crippen LogP contribution is 2.33. The quantitative estimate of drug-likeness (QED) is 0.737. The lowest BCUT2D eigenvalue weighted by Crippen LogP contribution is -2.03. The van der Waals surface area contributed by atoms with Crippen LogP contribution in [0.2, 0.25) is 10.0 Å². The molecule has 1 heterocycles. The van der Waals surface area contributed by atoms with Gasteiger partial charge in [-0.05, 0) is 28.1 Å². The van der Waals surface area contributed by atoms with Gasteiger partial charge >= 0.3 is 5.97 Å². The number of nitrogens with zero attached hydrogens (tertiary/aromatic N) is 1. The van der Waals surface area contributed by atoms with Crippen molar-refractivity contribution in [3.05, 3.63) is 38.4 Å². The number of esters is 1. The van der Waals surface area contributed by atoms with Gasteiger partial charge in [-0.25, -0.2) is 4.79 Å². The number of benzene rings is 1. The summed E-state index contributed by atoms with van der Waals surface area (Å²) in [7, 11) is 1.29. The maximum Gasteiger partial charge on any atom is 0.340 e. The van der Waals surface area contributed by atoms with E-state index in [0.29, 0.717) is 15.9 Å². The van der Waals surface area contributed by atoms with Gasteiger partial charge in [0.05, 0.1) is 23.2 Å². The van der Waals surface area contributed by atoms with E-state index in [9.17, 15) is 4.79 Å². The number of fused-ring (bicyclic) bond motifs is 1. The van der Waals surface area contributed by atoms with E-state index in [-0.39, 0.29) is 10.6 Å². The number of ether oxygens (including phenoxy) is 1. The van der Waals surface area contributed by atoms with Gasteiger partial charge in [0.15, 0.2) is 0 Å². The number of pyridine rings is 1. The molecular formula is C11H6BrCl2NO2. The van der Waals surface area contributed by atoms with Crippen molar-refractivity contribution in [3.63, 3.8) is 0 Å². The van der Waals surface area contributed by atoms with Crippen molar-refractivity contribution >= 4 is 56.0 Å². The van der Waals surface area contributed by atoms with Gasteiger partial charge in [-0.2, -0.15) is 0 Å². The molecule has 0 saturated carbocycles. The molecule has 0 radical (unpaired) electrons. The molecule has 3 nitrogen and oxygen atoms in total. The van der Waals surface area contributed by atoms with Crippen LogP contribution in [0.4, 0.5) is 0 Å². The lowest BCUT2D eigenvalue weighted by molar-refractivity contribution is 0.0600. The zero-order chi connectivity index (χ0) is 12.6. The maximum absolute atomic E-state index is 11.5. The minimum atomic E-state index is -0.527. The Labute approximate surface area is 116 Å². The molecular weight excluding hydrogens is 329 g/mol. The van der Waals surface area contributed by atoms with E-state index in [2.05, 4.69) is 25.7 Å². The highest BCUT2D eigenvalue weighted by Gasteiger charge is 2.15. The third-order valence-corrected chi connectivity index (χ3v) is 3.46. The molecule has 2 aromatic rings. The second-order valence-electron chi connectivity index (χ2n) is 3.26. The average Bonchev–Trinajstić information content (AvgIpc) is 2.29. The Morgan fingerprint density at radius 3 is 2.76 bits per heavy atom. The largest absolute Gasteiger partial charge is 0.465 e. The summed E-state index contributed by atoms with van der Waals surface area (Å²) in [5, 5.41) is 1.40. The van der Waals surface area contributed by atoms with E-state index in [0.717, 1.165) is 4.47 Å². The minimum Gasteiger partial charge on any atom is -0.465 e. The molecule has 0 saturated heterocycles. The van der Waals surface area contributed by atoms with Crippen LogP contribution in [0.15, 0.2) is 22.8 Å². The van der Waals surface area contributed by atoms with E-state index in [1.165, 1.54) is 13.3 Å². The van der Waals surface area contributed by atoms with Crippen molar-refractivity contribution in [2.45, 2.75) is 0 Å². The average molecular weight is 335 g/mol. The molecule has 1 aromatic heterocycles. The molecule has 0 atom stereocenters. The van der Waals surface area contributed by atoms with Crippen molar-refractivity contribution in [2.24, 2.45) is 0 Å². The van der Waals surface area contributed by atoms with Crippen molar-refractivity contribution in [3.8, 4) is 0 Å². The standard InChI is InChI=1S/C11H6BrCl2NO2/c1-17-11(16)7-4-15-10-6(9(7)14)2-5(13)3-8(10)12/h2-4H,1H3. The van der Waals surface area contributed by atoms with Crippen LogP contribution >= 0.6 is 39.1 Å². The highest BCUT2D eigenvalue weighted by molar-refractivity contribution is 9.10. The molecule has 1 aromatic carbocycles. The molecule has 0 aliphatic heterocycles. The van der Waals surface area contributed by atoms with Gasteiger partial charge < -0.3 is 4.74 Å². The van der Waals surface area contributed by atoms with Crippen molar-refractivity contribution in [2.75, 3.05) is 7.11 Å². The zero-order valence-electron chi connectivity index (χ0n) is 8.63. The topological polar surface area (TPSA) is 39.2 Å². The summed E-state index contributed by atoms with van der Waals surface area (Å²) < 4.78 is 5.34. The molecule has 0 aliphatic rings. The summed E-state index contributed by atoms with van der Waals surface area (Å²) in [6.45, 7) is 0. The van der Waals surface area contributed by atoms with E-state index in [1.54, 1.807) is 12.1 Å². The van der Waals surface area contributed by atoms with Gasteiger partial charge in [0, 0.05) is 21.1 Å². The van der Waals surface area contributed by atoms with E-state index >= 15 is 0 Å². The first-order valence-corrected chi connectivity index (χ1v) is 6.11. The normalized spacial score (nSPS) is 10.6. The van der Waals surface area contributed by atoms with Crippen LogP contribution < -0.4 is 0 Å². The lowest BCUT2D eigenvalue weighted by atomic mass is 10.1. The molecule has 0 fully saturated rings. The fourth-order valence-electron chi connectivity index (χ4n) is 1.45. The van der Waals surface area contributed by atoms with Crippen LogP contribution in [-0.2, 0) is 4.74 Å². The lowest BCUT2D eigenvalue weighted by Gasteiger charge is -2.07. The van der Waals surface area contributed by atoms with Crippen LogP contribution in [0, 0.1) is 0 Å². The van der Waals surface area contributed by atoms with Crippen LogP contribution in [-0.4, -0.2) is 18.1 Å². The van der Waals surface area contributed by atoms with Gasteiger partial charge in [-0.15, -0.1) is 0 Å². The molecule has 0 amide bonds. The molecule has 88 valence electrons. The SMILES string of the molecule is COC(=O)c1cnc2c(Br)cc(Cl)cc2c1Cl. The summed E-state index contributed by atoms with van der Waals surface area (Å²) in [6, 6.07) is 3.37. The van der Waals surface area contributed by atoms with Crippen LogP contribution in [0.1, 0.15) is 10.4 Å². The molecule has 0 N–H and O–H groups in total. The summed E-state index contributed by atoms with van der Waals surface area (Å²) in [5.74, 6) is -0.527. The highest BCUT2D eigenvalue weighted by atomic mass is 79.9. The Bertz CT molecular complexity index is 616. The molecule has 0 bridgehead atoms. The van der Waals surface area contributed by atoms with Crippen LogP contribution in [0.5, 0.6) is 0 Å². The van der Waals surface area contributed by atoms with Crippen molar-refractivity contribution in [1.29, 1.82) is 0 Å². The second kappa shape index (κ2) is 4.80. The Balaban J connectivity index is 2.79. The van der Waals surface area contributed by atoms with Gasteiger partial charge in [0.1, 0.15) is 0 Å². The van der Waals surface area contributed by atoms with Gasteiger partial charge in [-0.1, -0.05) is 23.2 Å². The first-order chi connectivity index (χ1) is 8.04. The third-order valence-electron chi connectivity index (χ3n) is 2.23. The molecule has 0 spiro atoms. The number of rotatable bonds is 1. The monoisotopic (exact) mass is 333 g/mol. The predicted octanol–water partition coefficient (Wildman–Crippen LogP) is 4.09. The van der Waals surface area contributed by atoms with Gasteiger partial charge in [0.2, 0.25) is 0 Å². The van der Waals surface area contributed by atoms with Crippen molar-refractivity contribution < 1.29 is 9.53 Å². The predicted molar refractivity (Wildman–Crippen MR) is 70.8 cm³/mol. The number of methoxy groups -OCH3 is 1. The minimum absolute atomic E-state index is 0.218. The number of hydrogen-bond acceptors (Lipinski definition) is 3. The summed E-state index contributed by atoms with van der Waals surface area (Å²) in [6.07, 6.45) is 1.38. The van der Waals surface area contributed by atoms with E-state index in [1.807, 2.05) is 0 Å². The van der Waals surface area contributed by atoms with E-state index in [4.69, 9.17) is 23.2 Å². The summed E-state index contributed by atoms with van der Waals surface area (Å²) in [4.78, 5) is 15.6. The first kappa shape index (κ1) is 12.6. The van der Waals surface area contributed by atoms with Gasteiger partial charge in [-0.3, -0.25) is 4.98 Å². The van der Waals surface area contributed by atoms with Crippen LogP contribution in [0.3, 0.4) is 0 Å². The van der Waals surface area contributed by atoms with Crippen LogP contribution in [0.25, 0.3) is 10.9 Å². The Morgan fingerprint density at radius 1 is 1.41 bits per heavy atom. The smallest absolute Gasteiger partial charge is 0.340 e. The summed E-state index contributed by atoms with van der Waals surface area (Å²) >= 11 is 15.4. The van der Waals surface area contributed by atoms with Crippen molar-refractivity contribution in [1.82, 2.24) is 4.98 Å². The molecule has 0 unspecified atom stereocenters. The second-order valence-corrected chi connectivity index (χ2v) is 4.93. The fraction of sp³-hybridized carbons (Fsp3) is 0.0909. The summed E-state index contributed by atoms with van der Waals surface area (Å²) in [5.41, 5.74) is 0.864. The zero-order valence-corrected chi connectivity index (χ0v) is 11.7. The molecule has 6 heteroatoms. The number of carbonyl (C=O) groups is 1. The fourth-order valence-corrected chi connectivity index (χ4v) is 2.63. The van der Waals surface area contributed by atoms with E-state index < -0.39 is 5.97 Å². The third kappa shape index (κ3) is 2.25. The number of carbonyl (C=O) groups excluding carboxylic acids is 1. The molecule has 17 heavy (non-hydrogen) atoms.